The maximum absolute atomic E-state index is 13.2. The number of hydrogen-bond acceptors (Lipinski definition) is 11. The fraction of sp³-hybridized carbons (Fsp3) is 0.726. The number of carboxylic acid groups (broad SMARTS) is 1. The van der Waals surface area contributed by atoms with Crippen LogP contribution in [0.3, 0.4) is 0 Å². The monoisotopic (exact) mass is 1190 g/mol. The van der Waals surface area contributed by atoms with Gasteiger partial charge in [-0.25, -0.2) is 4.79 Å². The maximum Gasteiger partial charge on any atom is 0.335 e. The number of esters is 3. The van der Waals surface area contributed by atoms with E-state index in [-0.39, 0.29) is 25.9 Å². The van der Waals surface area contributed by atoms with Crippen LogP contribution in [0.2, 0.25) is 0 Å². The summed E-state index contributed by atoms with van der Waals surface area (Å²) in [6, 6.07) is 0. The molecule has 1 aliphatic heterocycles. The molecule has 1 fully saturated rings. The minimum Gasteiger partial charge on any atom is -0.479 e. The Morgan fingerprint density at radius 2 is 0.741 bits per heavy atom. The first kappa shape index (κ1) is 78.7. The van der Waals surface area contributed by atoms with Crippen molar-refractivity contribution in [3.63, 3.8) is 0 Å². The van der Waals surface area contributed by atoms with Gasteiger partial charge in [-0.15, -0.1) is 0 Å². The minimum atomic E-state index is -1.92. The standard InChI is InChI=1S/C73H122O12/c1-4-7-10-13-16-19-22-25-28-31-33-36-38-41-44-47-50-53-56-59-65(74)81-62-64(83-66(75)60-57-54-51-48-45-42-39-35-30-27-24-21-18-15-12-9-6-3)63-82-73-71(69(78)68(77)70(85-73)72(79)80)84-67(76)61-58-55-52-49-46-43-40-37-34-32-29-26-23-20-17-14-11-8-5-2/h7,10,16-17,19-20,25-30,33-34,36-37,64,68-71,73,77-78H,4-6,8-9,11-15,18,21-24,31-32,35,38-63H2,1-3H3,(H,79,80)/b10-7-,19-16-,20-17-,28-25-,29-26-,30-27-,36-33-,37-34-. The third-order valence-electron chi connectivity index (χ3n) is 15.1. The zero-order chi connectivity index (χ0) is 61.7. The molecule has 0 aromatic heterocycles. The van der Waals surface area contributed by atoms with Crippen LogP contribution in [0.4, 0.5) is 0 Å². The van der Waals surface area contributed by atoms with Gasteiger partial charge in [0.15, 0.2) is 24.6 Å². The Kier molecular flexibility index (Phi) is 55.5. The topological polar surface area (TPSA) is 175 Å². The van der Waals surface area contributed by atoms with E-state index in [1.165, 1.54) is 83.5 Å². The summed E-state index contributed by atoms with van der Waals surface area (Å²) in [4.78, 5) is 51.5. The number of unbranched alkanes of at least 4 members (excludes halogenated alkanes) is 28. The van der Waals surface area contributed by atoms with E-state index >= 15 is 0 Å². The first-order valence-corrected chi connectivity index (χ1v) is 34.2. The van der Waals surface area contributed by atoms with Gasteiger partial charge in [-0.05, 0) is 122 Å². The molecule has 0 aliphatic carbocycles. The summed E-state index contributed by atoms with van der Waals surface area (Å²) in [6.45, 7) is 5.86. The van der Waals surface area contributed by atoms with Crippen LogP contribution in [0.15, 0.2) is 97.2 Å². The Morgan fingerprint density at radius 1 is 0.400 bits per heavy atom. The average Bonchev–Trinajstić information content (AvgIpc) is 3.51. The van der Waals surface area contributed by atoms with E-state index in [2.05, 4.69) is 118 Å². The largest absolute Gasteiger partial charge is 0.479 e. The van der Waals surface area contributed by atoms with Crippen LogP contribution < -0.4 is 0 Å². The number of carbonyl (C=O) groups excluding carboxylic acids is 3. The van der Waals surface area contributed by atoms with Gasteiger partial charge in [0.25, 0.3) is 0 Å². The van der Waals surface area contributed by atoms with Crippen LogP contribution in [0.1, 0.15) is 290 Å². The second-order valence-corrected chi connectivity index (χ2v) is 23.1. The highest BCUT2D eigenvalue weighted by molar-refractivity contribution is 5.74. The molecule has 0 aromatic carbocycles. The lowest BCUT2D eigenvalue weighted by atomic mass is 9.98. The SMILES string of the molecule is CC/C=C\C/C=C\C/C=C\C/C=C\CCCCCCCCC(=O)OCC(COC1OC(C(=O)O)C(O)C(O)C1OC(=O)CCCCCCCC/C=C\C/C=C\C/C=C\CCCCC)OC(=O)CCCCCCCCC/C=C\CCCCCCCC. The van der Waals surface area contributed by atoms with Crippen LogP contribution in [0.5, 0.6) is 0 Å². The van der Waals surface area contributed by atoms with Crippen molar-refractivity contribution in [1.29, 1.82) is 0 Å². The molecular formula is C73H122O12. The number of carboxylic acids is 1. The molecule has 1 heterocycles. The van der Waals surface area contributed by atoms with Crippen molar-refractivity contribution in [2.75, 3.05) is 13.2 Å². The van der Waals surface area contributed by atoms with Gasteiger partial charge in [0.05, 0.1) is 6.61 Å². The van der Waals surface area contributed by atoms with Gasteiger partial charge in [-0.3, -0.25) is 14.4 Å². The minimum absolute atomic E-state index is 0.0408. The second kappa shape index (κ2) is 59.9. The predicted octanol–water partition coefficient (Wildman–Crippen LogP) is 18.8. The molecule has 0 amide bonds. The van der Waals surface area contributed by atoms with Crippen molar-refractivity contribution in [1.82, 2.24) is 0 Å². The van der Waals surface area contributed by atoms with Crippen LogP contribution >= 0.6 is 0 Å². The summed E-state index contributed by atoms with van der Waals surface area (Å²) in [5.41, 5.74) is 0. The number of carbonyl (C=O) groups is 4. The van der Waals surface area contributed by atoms with E-state index in [0.29, 0.717) is 19.3 Å². The molecule has 12 heteroatoms. The highest BCUT2D eigenvalue weighted by Gasteiger charge is 2.50. The van der Waals surface area contributed by atoms with Crippen molar-refractivity contribution in [2.45, 2.75) is 327 Å². The van der Waals surface area contributed by atoms with E-state index in [1.807, 2.05) is 0 Å². The average molecular weight is 1190 g/mol. The molecule has 0 radical (unpaired) electrons. The van der Waals surface area contributed by atoms with Crippen LogP contribution in [-0.2, 0) is 42.9 Å². The zero-order valence-corrected chi connectivity index (χ0v) is 53.8. The van der Waals surface area contributed by atoms with E-state index in [9.17, 15) is 34.5 Å². The third-order valence-corrected chi connectivity index (χ3v) is 15.1. The summed E-state index contributed by atoms with van der Waals surface area (Å²) in [5, 5.41) is 31.7. The quantitative estimate of drug-likeness (QED) is 0.0228. The van der Waals surface area contributed by atoms with Crippen LogP contribution in [-0.4, -0.2) is 89.2 Å². The number of rotatable bonds is 58. The summed E-state index contributed by atoms with van der Waals surface area (Å²) >= 11 is 0. The lowest BCUT2D eigenvalue weighted by molar-refractivity contribution is -0.301. The molecule has 85 heavy (non-hydrogen) atoms. The summed E-state index contributed by atoms with van der Waals surface area (Å²) < 4.78 is 28.6. The number of ether oxygens (including phenoxy) is 5. The fourth-order valence-corrected chi connectivity index (χ4v) is 9.89. The lowest BCUT2D eigenvalue weighted by Gasteiger charge is -2.40. The first-order valence-electron chi connectivity index (χ1n) is 34.2. The number of aliphatic hydroxyl groups excluding tert-OH is 2. The van der Waals surface area contributed by atoms with E-state index in [4.69, 9.17) is 23.7 Å². The molecule has 6 atom stereocenters. The van der Waals surface area contributed by atoms with Gasteiger partial charge in [0.1, 0.15) is 18.8 Å². The number of allylic oxidation sites excluding steroid dienone is 16. The molecule has 486 valence electrons. The Hall–Kier alpha value is -4.36. The maximum atomic E-state index is 13.2. The third kappa shape index (κ3) is 49.3. The van der Waals surface area contributed by atoms with Gasteiger partial charge in [0, 0.05) is 19.3 Å². The van der Waals surface area contributed by atoms with Gasteiger partial charge in [-0.1, -0.05) is 246 Å². The smallest absolute Gasteiger partial charge is 0.335 e. The van der Waals surface area contributed by atoms with Crippen LogP contribution in [0.25, 0.3) is 0 Å². The molecule has 1 saturated heterocycles. The highest BCUT2D eigenvalue weighted by atomic mass is 16.7. The Bertz CT molecular complexity index is 1840. The van der Waals surface area contributed by atoms with E-state index in [1.54, 1.807) is 0 Å². The van der Waals surface area contributed by atoms with Crippen molar-refractivity contribution in [2.24, 2.45) is 0 Å². The summed E-state index contributed by atoms with van der Waals surface area (Å²) in [5.74, 6) is -3.15. The summed E-state index contributed by atoms with van der Waals surface area (Å²) in [7, 11) is 0. The van der Waals surface area contributed by atoms with Crippen molar-refractivity contribution < 1.29 is 58.2 Å². The molecule has 3 N–H and O–H groups in total. The first-order chi connectivity index (χ1) is 41.6. The number of aliphatic hydroxyl groups is 2. The Labute approximate surface area is 517 Å². The molecule has 0 spiro atoms. The summed E-state index contributed by atoms with van der Waals surface area (Å²) in [6.07, 6.45) is 67.8. The van der Waals surface area contributed by atoms with Gasteiger partial charge in [-0.2, -0.15) is 0 Å². The fourth-order valence-electron chi connectivity index (χ4n) is 9.89. The van der Waals surface area contributed by atoms with Gasteiger partial charge < -0.3 is 39.0 Å². The van der Waals surface area contributed by atoms with Crippen molar-refractivity contribution in [3.05, 3.63) is 97.2 Å². The Morgan fingerprint density at radius 3 is 1.16 bits per heavy atom. The number of hydrogen-bond donors (Lipinski definition) is 3. The molecule has 0 aromatic rings. The number of aliphatic carboxylic acids is 1. The van der Waals surface area contributed by atoms with Gasteiger partial charge in [0.2, 0.25) is 0 Å². The second-order valence-electron chi connectivity index (χ2n) is 23.1. The molecule has 0 bridgehead atoms. The lowest BCUT2D eigenvalue weighted by Crippen LogP contribution is -2.61. The van der Waals surface area contributed by atoms with Crippen LogP contribution in [0, 0.1) is 0 Å². The Balaban J connectivity index is 2.67. The molecule has 1 rings (SSSR count). The van der Waals surface area contributed by atoms with E-state index in [0.717, 1.165) is 148 Å². The molecular weight excluding hydrogens is 1070 g/mol. The van der Waals surface area contributed by atoms with Crippen molar-refractivity contribution >= 4 is 23.9 Å². The van der Waals surface area contributed by atoms with Gasteiger partial charge >= 0.3 is 23.9 Å². The molecule has 1 aliphatic rings. The highest BCUT2D eigenvalue weighted by Crippen LogP contribution is 2.27. The molecule has 0 saturated carbocycles. The predicted molar refractivity (Wildman–Crippen MR) is 349 cm³/mol. The zero-order valence-electron chi connectivity index (χ0n) is 53.8. The normalized spacial score (nSPS) is 18.1. The van der Waals surface area contributed by atoms with Crippen molar-refractivity contribution in [3.8, 4) is 0 Å². The molecule has 6 unspecified atom stereocenters. The van der Waals surface area contributed by atoms with E-state index < -0.39 is 67.3 Å². The molecule has 12 nitrogen and oxygen atoms in total.